The second-order valence-electron chi connectivity index (χ2n) is 8.04. The fraction of sp³-hybridized carbons (Fsp3) is 0.938. The Morgan fingerprint density at radius 1 is 0.955 bits per heavy atom. The lowest BCUT2D eigenvalue weighted by molar-refractivity contribution is 0.123. The van der Waals surface area contributed by atoms with E-state index < -0.39 is 7.60 Å². The molecule has 0 rings (SSSR count). The van der Waals surface area contributed by atoms with Crippen molar-refractivity contribution in [2.75, 3.05) is 25.9 Å². The van der Waals surface area contributed by atoms with Crippen LogP contribution in [0.2, 0.25) is 0 Å². The predicted molar refractivity (Wildman–Crippen MR) is 97.0 cm³/mol. The molecule has 22 heavy (non-hydrogen) atoms. The summed E-state index contributed by atoms with van der Waals surface area (Å²) in [7, 11) is -3.03. The molecule has 6 heteroatoms. The first-order valence-electron chi connectivity index (χ1n) is 7.89. The van der Waals surface area contributed by atoms with Crippen molar-refractivity contribution in [2.24, 2.45) is 15.8 Å². The van der Waals surface area contributed by atoms with Crippen LogP contribution in [0, 0.1) is 10.8 Å². The van der Waals surface area contributed by atoms with Gasteiger partial charge in [-0.3, -0.25) is 4.57 Å². The van der Waals surface area contributed by atoms with Crippen molar-refractivity contribution in [1.82, 2.24) is 0 Å². The molecule has 0 aliphatic carbocycles. The third-order valence-electron chi connectivity index (χ3n) is 2.65. The Hall–Kier alpha value is -0.0500. The minimum Gasteiger partial charge on any atom is -0.308 e. The first kappa shape index (κ1) is 21.9. The predicted octanol–water partition coefficient (Wildman–Crippen LogP) is 5.58. The van der Waals surface area contributed by atoms with Gasteiger partial charge in [0.2, 0.25) is 0 Å². The highest BCUT2D eigenvalue weighted by molar-refractivity contribution is 7.78. The van der Waals surface area contributed by atoms with Gasteiger partial charge >= 0.3 is 7.60 Å². The molecule has 0 radical (unpaired) electrons. The number of hydrogen-bond donors (Lipinski definition) is 0. The van der Waals surface area contributed by atoms with Crippen LogP contribution in [0.1, 0.15) is 60.8 Å². The molecule has 0 spiro atoms. The van der Waals surface area contributed by atoms with Gasteiger partial charge in [-0.1, -0.05) is 48.0 Å². The third kappa shape index (κ3) is 13.6. The Labute approximate surface area is 141 Å². The van der Waals surface area contributed by atoms with Gasteiger partial charge in [-0.2, -0.15) is 0 Å². The number of isothiocyanates is 1. The van der Waals surface area contributed by atoms with Crippen LogP contribution in [0.15, 0.2) is 4.99 Å². The fourth-order valence-corrected chi connectivity index (χ4v) is 3.67. The van der Waals surface area contributed by atoms with E-state index in [-0.39, 0.29) is 10.8 Å². The summed E-state index contributed by atoms with van der Waals surface area (Å²) in [6.45, 7) is 13.9. The number of nitrogens with zero attached hydrogens (tertiary/aromatic N) is 1. The van der Waals surface area contributed by atoms with Crippen LogP contribution in [0.4, 0.5) is 0 Å². The van der Waals surface area contributed by atoms with Gasteiger partial charge in [-0.05, 0) is 35.9 Å². The molecule has 0 heterocycles. The Bertz CT molecular complexity index is 385. The number of thiocarbonyl (C=S) groups is 1. The van der Waals surface area contributed by atoms with E-state index in [2.05, 4.69) is 63.9 Å². The van der Waals surface area contributed by atoms with E-state index in [4.69, 9.17) is 9.05 Å². The molecule has 0 saturated carbocycles. The Morgan fingerprint density at radius 3 is 1.86 bits per heavy atom. The number of aliphatic imine (C=N–C) groups is 1. The summed E-state index contributed by atoms with van der Waals surface area (Å²) in [5.74, 6) is 0. The van der Waals surface area contributed by atoms with Crippen molar-refractivity contribution in [1.29, 1.82) is 0 Å². The normalized spacial score (nSPS) is 13.0. The zero-order valence-corrected chi connectivity index (χ0v) is 16.7. The van der Waals surface area contributed by atoms with Gasteiger partial charge < -0.3 is 9.05 Å². The van der Waals surface area contributed by atoms with Gasteiger partial charge in [0, 0.05) is 6.54 Å². The zero-order chi connectivity index (χ0) is 17.3. The van der Waals surface area contributed by atoms with Crippen molar-refractivity contribution in [3.8, 4) is 0 Å². The summed E-state index contributed by atoms with van der Waals surface area (Å²) in [6, 6.07) is 0. The smallest absolute Gasteiger partial charge is 0.308 e. The maximum Gasteiger partial charge on any atom is 0.330 e. The topological polar surface area (TPSA) is 47.9 Å². The molecule has 0 aromatic carbocycles. The SMILES string of the molecule is CC(C)(C)COP(=O)(CCCCCN=C=S)OCC(C)(C)C. The minimum absolute atomic E-state index is 0.0330. The van der Waals surface area contributed by atoms with E-state index in [0.29, 0.717) is 25.9 Å². The molecular formula is C16H32NO3PS. The van der Waals surface area contributed by atoms with Crippen LogP contribution in [0.5, 0.6) is 0 Å². The van der Waals surface area contributed by atoms with Gasteiger partial charge in [0.1, 0.15) is 0 Å². The summed E-state index contributed by atoms with van der Waals surface area (Å²) < 4.78 is 24.3. The standard InChI is InChI=1S/C16H32NO3PS/c1-15(2,3)12-19-21(18,20-13-16(4,5)6)11-9-7-8-10-17-14-22/h7-13H2,1-6H3. The minimum atomic E-state index is -3.03. The number of rotatable bonds is 10. The molecule has 0 aromatic heterocycles. The molecule has 4 nitrogen and oxygen atoms in total. The van der Waals surface area contributed by atoms with Crippen molar-refractivity contribution in [2.45, 2.75) is 60.8 Å². The second-order valence-corrected chi connectivity index (χ2v) is 10.4. The molecule has 0 saturated heterocycles. The monoisotopic (exact) mass is 349 g/mol. The maximum absolute atomic E-state index is 12.9. The van der Waals surface area contributed by atoms with Crippen LogP contribution < -0.4 is 0 Å². The van der Waals surface area contributed by atoms with Crippen LogP contribution in [0.3, 0.4) is 0 Å². The molecule has 0 amide bonds. The quantitative estimate of drug-likeness (QED) is 0.224. The van der Waals surface area contributed by atoms with Crippen molar-refractivity contribution >= 4 is 25.0 Å². The lowest BCUT2D eigenvalue weighted by atomic mass is 9.99. The fourth-order valence-electron chi connectivity index (χ4n) is 1.47. The highest BCUT2D eigenvalue weighted by Crippen LogP contribution is 2.51. The van der Waals surface area contributed by atoms with Gasteiger partial charge in [-0.15, -0.1) is 0 Å². The van der Waals surface area contributed by atoms with Crippen LogP contribution in [0.25, 0.3) is 0 Å². The van der Waals surface area contributed by atoms with Gasteiger partial charge in [0.15, 0.2) is 0 Å². The molecule has 0 unspecified atom stereocenters. The third-order valence-corrected chi connectivity index (χ3v) is 4.69. The maximum atomic E-state index is 12.9. The first-order valence-corrected chi connectivity index (χ1v) is 10.0. The Morgan fingerprint density at radius 2 is 1.45 bits per heavy atom. The molecule has 0 aliphatic heterocycles. The number of hydrogen-bond acceptors (Lipinski definition) is 5. The lowest BCUT2D eigenvalue weighted by Gasteiger charge is -2.27. The van der Waals surface area contributed by atoms with Crippen molar-refractivity contribution in [3.05, 3.63) is 0 Å². The van der Waals surface area contributed by atoms with E-state index in [0.717, 1.165) is 19.3 Å². The van der Waals surface area contributed by atoms with E-state index in [1.807, 2.05) is 0 Å². The van der Waals surface area contributed by atoms with E-state index in [1.165, 1.54) is 0 Å². The highest BCUT2D eigenvalue weighted by atomic mass is 32.1. The van der Waals surface area contributed by atoms with E-state index >= 15 is 0 Å². The summed E-state index contributed by atoms with van der Waals surface area (Å²) in [6.07, 6.45) is 3.11. The Balaban J connectivity index is 4.44. The summed E-state index contributed by atoms with van der Waals surface area (Å²) in [5.41, 5.74) is -0.0660. The average molecular weight is 349 g/mol. The van der Waals surface area contributed by atoms with Gasteiger partial charge in [-0.25, -0.2) is 4.99 Å². The van der Waals surface area contributed by atoms with E-state index in [1.54, 1.807) is 0 Å². The summed E-state index contributed by atoms with van der Waals surface area (Å²) in [4.78, 5) is 3.88. The second kappa shape index (κ2) is 9.95. The summed E-state index contributed by atoms with van der Waals surface area (Å²) >= 11 is 4.53. The van der Waals surface area contributed by atoms with Crippen LogP contribution in [-0.2, 0) is 13.6 Å². The molecule has 0 bridgehead atoms. The molecule has 0 N–H and O–H groups in total. The average Bonchev–Trinajstić information content (AvgIpc) is 2.37. The van der Waals surface area contributed by atoms with Crippen molar-refractivity contribution < 1.29 is 13.6 Å². The zero-order valence-electron chi connectivity index (χ0n) is 15.0. The molecular weight excluding hydrogens is 317 g/mol. The number of unbranched alkanes of at least 4 members (excludes halogenated alkanes) is 2. The molecule has 0 aromatic rings. The largest absolute Gasteiger partial charge is 0.330 e. The molecule has 0 aliphatic rings. The van der Waals surface area contributed by atoms with Gasteiger partial charge in [0.05, 0.1) is 24.5 Å². The molecule has 0 fully saturated rings. The Kier molecular flexibility index (Phi) is 9.93. The van der Waals surface area contributed by atoms with Crippen LogP contribution in [-0.4, -0.2) is 31.1 Å². The first-order chi connectivity index (χ1) is 9.97. The molecule has 0 atom stereocenters. The van der Waals surface area contributed by atoms with Gasteiger partial charge in [0.25, 0.3) is 0 Å². The van der Waals surface area contributed by atoms with E-state index in [9.17, 15) is 4.57 Å². The van der Waals surface area contributed by atoms with Crippen molar-refractivity contribution in [3.63, 3.8) is 0 Å². The molecule has 130 valence electrons. The highest BCUT2D eigenvalue weighted by Gasteiger charge is 2.28. The summed E-state index contributed by atoms with van der Waals surface area (Å²) in [5, 5.41) is 2.35. The van der Waals surface area contributed by atoms with Crippen LogP contribution >= 0.6 is 19.8 Å². The lowest BCUT2D eigenvalue weighted by Crippen LogP contribution is -2.18.